The lowest BCUT2D eigenvalue weighted by Gasteiger charge is -2.34. The van der Waals surface area contributed by atoms with E-state index >= 15 is 0 Å². The van der Waals surface area contributed by atoms with Crippen molar-refractivity contribution in [3.8, 4) is 0 Å². The summed E-state index contributed by atoms with van der Waals surface area (Å²) in [5, 5.41) is 0.782. The van der Waals surface area contributed by atoms with Crippen molar-refractivity contribution >= 4 is 28.2 Å². The van der Waals surface area contributed by atoms with Crippen molar-refractivity contribution in [3.63, 3.8) is 0 Å². The Bertz CT molecular complexity index is 1000. The second-order valence-electron chi connectivity index (χ2n) is 6.49. The Kier molecular flexibility index (Phi) is 4.30. The second-order valence-corrected chi connectivity index (χ2v) is 7.68. The summed E-state index contributed by atoms with van der Waals surface area (Å²) in [6.07, 6.45) is -0.473. The van der Waals surface area contributed by atoms with Gasteiger partial charge in [-0.05, 0) is 43.2 Å². The van der Waals surface area contributed by atoms with Gasteiger partial charge >= 0.3 is 6.18 Å². The zero-order valence-corrected chi connectivity index (χ0v) is 15.6. The molecule has 138 valence electrons. The van der Waals surface area contributed by atoms with Crippen LogP contribution >= 0.6 is 11.3 Å². The molecule has 0 fully saturated rings. The van der Waals surface area contributed by atoms with Gasteiger partial charge in [0.1, 0.15) is 0 Å². The minimum Gasteiger partial charge on any atom is -0.306 e. The SMILES string of the molecule is Cc1nc(N2c3ccccc3C=CC2c2cccc(C(F)(F)F)c2)sc1C. The van der Waals surface area contributed by atoms with Gasteiger partial charge in [0.15, 0.2) is 5.13 Å². The molecule has 0 spiro atoms. The first-order valence-corrected chi connectivity index (χ1v) is 9.34. The molecule has 0 N–H and O–H groups in total. The molecule has 0 bridgehead atoms. The molecule has 1 aliphatic heterocycles. The third-order valence-corrected chi connectivity index (χ3v) is 5.78. The number of hydrogen-bond acceptors (Lipinski definition) is 3. The summed E-state index contributed by atoms with van der Waals surface area (Å²) in [6, 6.07) is 13.0. The van der Waals surface area contributed by atoms with E-state index in [-0.39, 0.29) is 6.04 Å². The maximum absolute atomic E-state index is 13.2. The monoisotopic (exact) mass is 386 g/mol. The number of aromatic nitrogens is 1. The van der Waals surface area contributed by atoms with Gasteiger partial charge in [-0.25, -0.2) is 4.98 Å². The normalized spacial score (nSPS) is 16.5. The number of alkyl halides is 3. The summed E-state index contributed by atoms with van der Waals surface area (Å²) < 4.78 is 39.6. The second kappa shape index (κ2) is 6.53. The zero-order valence-electron chi connectivity index (χ0n) is 14.8. The predicted molar refractivity (Wildman–Crippen MR) is 103 cm³/mol. The Morgan fingerprint density at radius 3 is 2.52 bits per heavy atom. The van der Waals surface area contributed by atoms with Crippen LogP contribution in [0.5, 0.6) is 0 Å². The van der Waals surface area contributed by atoms with Gasteiger partial charge in [0.25, 0.3) is 0 Å². The first-order valence-electron chi connectivity index (χ1n) is 8.52. The van der Waals surface area contributed by atoms with Crippen LogP contribution in [0.4, 0.5) is 24.0 Å². The molecule has 6 heteroatoms. The van der Waals surface area contributed by atoms with E-state index in [1.807, 2.05) is 55.2 Å². The Morgan fingerprint density at radius 1 is 1.04 bits per heavy atom. The van der Waals surface area contributed by atoms with Crippen molar-refractivity contribution in [2.75, 3.05) is 4.90 Å². The van der Waals surface area contributed by atoms with Gasteiger partial charge in [0.2, 0.25) is 0 Å². The number of hydrogen-bond donors (Lipinski definition) is 0. The molecule has 2 aromatic carbocycles. The maximum atomic E-state index is 13.2. The van der Waals surface area contributed by atoms with Gasteiger partial charge < -0.3 is 4.90 Å². The van der Waals surface area contributed by atoms with Crippen molar-refractivity contribution < 1.29 is 13.2 Å². The van der Waals surface area contributed by atoms with Crippen LogP contribution in [0.3, 0.4) is 0 Å². The number of anilines is 2. The number of fused-ring (bicyclic) bond motifs is 1. The van der Waals surface area contributed by atoms with Gasteiger partial charge in [-0.1, -0.05) is 42.5 Å². The van der Waals surface area contributed by atoms with Crippen LogP contribution in [0.25, 0.3) is 6.08 Å². The summed E-state index contributed by atoms with van der Waals surface area (Å²) in [7, 11) is 0. The Balaban J connectivity index is 1.87. The van der Waals surface area contributed by atoms with Crippen molar-refractivity contribution in [1.29, 1.82) is 0 Å². The van der Waals surface area contributed by atoms with Crippen LogP contribution in [-0.2, 0) is 6.18 Å². The van der Waals surface area contributed by atoms with E-state index < -0.39 is 11.7 Å². The molecule has 1 atom stereocenters. The Labute approximate surface area is 159 Å². The van der Waals surface area contributed by atoms with E-state index in [1.165, 1.54) is 12.1 Å². The summed E-state index contributed by atoms with van der Waals surface area (Å²) in [5.74, 6) is 0. The smallest absolute Gasteiger partial charge is 0.306 e. The molecule has 3 aromatic rings. The average molecular weight is 386 g/mol. The molecule has 0 saturated heterocycles. The lowest BCUT2D eigenvalue weighted by atomic mass is 9.96. The van der Waals surface area contributed by atoms with E-state index in [2.05, 4.69) is 4.98 Å². The van der Waals surface area contributed by atoms with E-state index in [1.54, 1.807) is 17.4 Å². The quantitative estimate of drug-likeness (QED) is 0.488. The number of thiazole rings is 1. The minimum atomic E-state index is -4.37. The van der Waals surface area contributed by atoms with Crippen molar-refractivity contribution in [3.05, 3.63) is 81.9 Å². The topological polar surface area (TPSA) is 16.1 Å². The summed E-state index contributed by atoms with van der Waals surface area (Å²) >= 11 is 1.55. The van der Waals surface area contributed by atoms with Gasteiger partial charge in [0.05, 0.1) is 23.0 Å². The number of para-hydroxylation sites is 1. The molecule has 4 rings (SSSR count). The molecule has 1 aliphatic rings. The first-order chi connectivity index (χ1) is 12.8. The first kappa shape index (κ1) is 17.8. The third-order valence-electron chi connectivity index (χ3n) is 4.71. The number of halogens is 3. The van der Waals surface area contributed by atoms with Crippen LogP contribution in [-0.4, -0.2) is 4.98 Å². The lowest BCUT2D eigenvalue weighted by Crippen LogP contribution is -2.25. The average Bonchev–Trinajstić information content (AvgIpc) is 2.98. The fraction of sp³-hybridized carbons (Fsp3) is 0.190. The van der Waals surface area contributed by atoms with Crippen LogP contribution in [0.2, 0.25) is 0 Å². The molecule has 0 saturated carbocycles. The summed E-state index contributed by atoms with van der Waals surface area (Å²) in [5.41, 5.74) is 2.84. The minimum absolute atomic E-state index is 0.354. The largest absolute Gasteiger partial charge is 0.416 e. The van der Waals surface area contributed by atoms with E-state index in [9.17, 15) is 13.2 Å². The molecule has 27 heavy (non-hydrogen) atoms. The highest BCUT2D eigenvalue weighted by atomic mass is 32.1. The molecule has 0 amide bonds. The van der Waals surface area contributed by atoms with Crippen molar-refractivity contribution in [2.45, 2.75) is 26.1 Å². The molecule has 1 unspecified atom stereocenters. The highest BCUT2D eigenvalue weighted by molar-refractivity contribution is 7.15. The molecule has 1 aromatic heterocycles. The van der Waals surface area contributed by atoms with Gasteiger partial charge in [-0.15, -0.1) is 11.3 Å². The van der Waals surface area contributed by atoms with Crippen LogP contribution in [0.15, 0.2) is 54.6 Å². The number of aryl methyl sites for hydroxylation is 2. The van der Waals surface area contributed by atoms with E-state index in [0.717, 1.165) is 33.0 Å². The van der Waals surface area contributed by atoms with Crippen LogP contribution in [0, 0.1) is 13.8 Å². The third kappa shape index (κ3) is 3.25. The van der Waals surface area contributed by atoms with Gasteiger partial charge in [-0.3, -0.25) is 0 Å². The molecular formula is C21H17F3N2S. The molecular weight excluding hydrogens is 369 g/mol. The van der Waals surface area contributed by atoms with E-state index in [4.69, 9.17) is 0 Å². The highest BCUT2D eigenvalue weighted by Gasteiger charge is 2.33. The number of nitrogens with zero attached hydrogens (tertiary/aromatic N) is 2. The summed E-state index contributed by atoms with van der Waals surface area (Å²) in [4.78, 5) is 7.79. The summed E-state index contributed by atoms with van der Waals surface area (Å²) in [6.45, 7) is 3.95. The van der Waals surface area contributed by atoms with Gasteiger partial charge in [-0.2, -0.15) is 13.2 Å². The van der Waals surface area contributed by atoms with Crippen molar-refractivity contribution in [1.82, 2.24) is 4.98 Å². The number of benzene rings is 2. The Morgan fingerprint density at radius 2 is 1.81 bits per heavy atom. The molecule has 0 radical (unpaired) electrons. The fourth-order valence-corrected chi connectivity index (χ4v) is 4.18. The van der Waals surface area contributed by atoms with Crippen LogP contribution < -0.4 is 4.90 Å². The maximum Gasteiger partial charge on any atom is 0.416 e. The molecule has 2 heterocycles. The van der Waals surface area contributed by atoms with Crippen LogP contribution in [0.1, 0.15) is 33.3 Å². The lowest BCUT2D eigenvalue weighted by molar-refractivity contribution is -0.137. The van der Waals surface area contributed by atoms with Gasteiger partial charge in [0, 0.05) is 4.88 Å². The molecule has 0 aliphatic carbocycles. The van der Waals surface area contributed by atoms with E-state index in [0.29, 0.717) is 5.56 Å². The standard InChI is InChI=1S/C21H17F3N2S/c1-13-14(2)27-20(25-13)26-18-9-4-3-6-15(18)10-11-19(26)16-7-5-8-17(12-16)21(22,23)24/h3-12,19H,1-2H3. The highest BCUT2D eigenvalue weighted by Crippen LogP contribution is 2.44. The molecule has 2 nitrogen and oxygen atoms in total. The zero-order chi connectivity index (χ0) is 19.2. The fourth-order valence-electron chi connectivity index (χ4n) is 3.22. The Hall–Kier alpha value is -2.60. The number of rotatable bonds is 2. The predicted octanol–water partition coefficient (Wildman–Crippen LogP) is 6.68. The van der Waals surface area contributed by atoms with Crippen molar-refractivity contribution in [2.24, 2.45) is 0 Å².